The number of carboxylic acid groups (broad SMARTS) is 1. The van der Waals surface area contributed by atoms with Crippen LogP contribution in [-0.2, 0) is 11.0 Å². The number of nitrogens with one attached hydrogen (secondary N) is 1. The van der Waals surface area contributed by atoms with Crippen LogP contribution in [0.3, 0.4) is 0 Å². The van der Waals surface area contributed by atoms with Crippen LogP contribution in [0.5, 0.6) is 0 Å². The van der Waals surface area contributed by atoms with Crippen molar-refractivity contribution in [3.05, 3.63) is 75.8 Å². The SMILES string of the molecule is O=C(O)CC(NC(=O)c1csc(-c2ccc(C(F)(F)F)cc2)n1)c1cccc(Cl)c1. The van der Waals surface area contributed by atoms with Gasteiger partial charge in [-0.2, -0.15) is 13.2 Å². The second-order valence-electron chi connectivity index (χ2n) is 6.29. The Kier molecular flexibility index (Phi) is 6.42. The van der Waals surface area contributed by atoms with E-state index in [1.807, 2.05) is 0 Å². The number of carboxylic acids is 1. The molecule has 0 aliphatic rings. The number of thiazole rings is 1. The molecule has 0 fully saturated rings. The Morgan fingerprint density at radius 1 is 1.17 bits per heavy atom. The summed E-state index contributed by atoms with van der Waals surface area (Å²) in [6.07, 6.45) is -4.80. The first-order valence-corrected chi connectivity index (χ1v) is 9.80. The summed E-state index contributed by atoms with van der Waals surface area (Å²) in [4.78, 5) is 27.9. The molecule has 1 heterocycles. The Bertz CT molecular complexity index is 1070. The van der Waals surface area contributed by atoms with Crippen molar-refractivity contribution in [2.75, 3.05) is 0 Å². The molecule has 1 unspecified atom stereocenters. The first-order valence-electron chi connectivity index (χ1n) is 8.55. The smallest absolute Gasteiger partial charge is 0.416 e. The van der Waals surface area contributed by atoms with Gasteiger partial charge < -0.3 is 10.4 Å². The number of carbonyl (C=O) groups excluding carboxylic acids is 1. The predicted octanol–water partition coefficient (Wildman–Crippen LogP) is 5.43. The number of hydrogen-bond acceptors (Lipinski definition) is 4. The maximum atomic E-state index is 12.7. The largest absolute Gasteiger partial charge is 0.481 e. The molecular formula is C20H14ClF3N2O3S. The third kappa shape index (κ3) is 5.37. The molecule has 0 spiro atoms. The zero-order valence-electron chi connectivity index (χ0n) is 15.1. The Labute approximate surface area is 178 Å². The number of halogens is 4. The first-order chi connectivity index (χ1) is 14.1. The molecule has 0 saturated heterocycles. The number of alkyl halides is 3. The van der Waals surface area contributed by atoms with Crippen molar-refractivity contribution in [1.29, 1.82) is 0 Å². The summed E-state index contributed by atoms with van der Waals surface area (Å²) in [5, 5.41) is 14.0. The van der Waals surface area contributed by atoms with E-state index in [9.17, 15) is 22.8 Å². The summed E-state index contributed by atoms with van der Waals surface area (Å²) >= 11 is 7.04. The van der Waals surface area contributed by atoms with E-state index in [1.165, 1.54) is 17.5 Å². The molecule has 1 aromatic heterocycles. The number of aliphatic carboxylic acids is 1. The maximum Gasteiger partial charge on any atom is 0.416 e. The van der Waals surface area contributed by atoms with Gasteiger partial charge in [-0.3, -0.25) is 9.59 Å². The maximum absolute atomic E-state index is 12.7. The van der Waals surface area contributed by atoms with Crippen LogP contribution >= 0.6 is 22.9 Å². The van der Waals surface area contributed by atoms with E-state index in [2.05, 4.69) is 10.3 Å². The fourth-order valence-corrected chi connectivity index (χ4v) is 3.70. The molecule has 3 rings (SSSR count). The van der Waals surface area contributed by atoms with Crippen molar-refractivity contribution in [3.8, 4) is 10.6 Å². The molecule has 0 radical (unpaired) electrons. The van der Waals surface area contributed by atoms with Crippen LogP contribution < -0.4 is 5.32 Å². The Morgan fingerprint density at radius 2 is 1.87 bits per heavy atom. The van der Waals surface area contributed by atoms with Crippen LogP contribution in [0.1, 0.15) is 34.1 Å². The van der Waals surface area contributed by atoms with Gasteiger partial charge in [0, 0.05) is 16.0 Å². The quantitative estimate of drug-likeness (QED) is 0.520. The van der Waals surface area contributed by atoms with Gasteiger partial charge in [0.05, 0.1) is 18.0 Å². The van der Waals surface area contributed by atoms with E-state index in [4.69, 9.17) is 16.7 Å². The van der Waals surface area contributed by atoms with E-state index < -0.39 is 29.7 Å². The number of benzene rings is 2. The van der Waals surface area contributed by atoms with Crippen molar-refractivity contribution < 1.29 is 27.9 Å². The summed E-state index contributed by atoms with van der Waals surface area (Å²) in [6.45, 7) is 0. The van der Waals surface area contributed by atoms with E-state index in [-0.39, 0.29) is 12.1 Å². The molecule has 3 aromatic rings. The molecule has 2 N–H and O–H groups in total. The summed E-state index contributed by atoms with van der Waals surface area (Å²) in [5.74, 6) is -1.71. The summed E-state index contributed by atoms with van der Waals surface area (Å²) in [5.41, 5.74) is 0.214. The number of hydrogen-bond donors (Lipinski definition) is 2. The van der Waals surface area contributed by atoms with E-state index in [0.29, 0.717) is 21.2 Å². The fourth-order valence-electron chi connectivity index (χ4n) is 2.69. The Morgan fingerprint density at radius 3 is 2.47 bits per heavy atom. The van der Waals surface area contributed by atoms with Gasteiger partial charge in [0.25, 0.3) is 5.91 Å². The van der Waals surface area contributed by atoms with Gasteiger partial charge in [0.2, 0.25) is 0 Å². The molecule has 5 nitrogen and oxygen atoms in total. The average molecular weight is 455 g/mol. The number of aromatic nitrogens is 1. The summed E-state index contributed by atoms with van der Waals surface area (Å²) in [7, 11) is 0. The van der Waals surface area contributed by atoms with Crippen LogP contribution in [0.25, 0.3) is 10.6 Å². The van der Waals surface area contributed by atoms with Crippen molar-refractivity contribution >= 4 is 34.8 Å². The fraction of sp³-hybridized carbons (Fsp3) is 0.150. The van der Waals surface area contributed by atoms with E-state index >= 15 is 0 Å². The lowest BCUT2D eigenvalue weighted by atomic mass is 10.0. The van der Waals surface area contributed by atoms with Crippen LogP contribution in [0.4, 0.5) is 13.2 Å². The minimum absolute atomic E-state index is 0.0346. The average Bonchev–Trinajstić information content (AvgIpc) is 3.17. The normalized spacial score (nSPS) is 12.4. The lowest BCUT2D eigenvalue weighted by Gasteiger charge is -2.17. The molecule has 0 aliphatic carbocycles. The van der Waals surface area contributed by atoms with Crippen molar-refractivity contribution in [3.63, 3.8) is 0 Å². The van der Waals surface area contributed by atoms with Gasteiger partial charge in [0.1, 0.15) is 10.7 Å². The minimum Gasteiger partial charge on any atom is -0.481 e. The molecule has 10 heteroatoms. The van der Waals surface area contributed by atoms with Crippen molar-refractivity contribution in [2.24, 2.45) is 0 Å². The van der Waals surface area contributed by atoms with E-state index in [1.54, 1.807) is 24.3 Å². The second kappa shape index (κ2) is 8.85. The van der Waals surface area contributed by atoms with Gasteiger partial charge in [0.15, 0.2) is 0 Å². The Hall–Kier alpha value is -2.91. The number of nitrogens with zero attached hydrogens (tertiary/aromatic N) is 1. The number of amides is 1. The number of carbonyl (C=O) groups is 2. The van der Waals surface area contributed by atoms with Gasteiger partial charge >= 0.3 is 12.1 Å². The zero-order chi connectivity index (χ0) is 21.9. The highest BCUT2D eigenvalue weighted by Crippen LogP contribution is 2.32. The van der Waals surface area contributed by atoms with Gasteiger partial charge in [-0.15, -0.1) is 11.3 Å². The molecular weight excluding hydrogens is 441 g/mol. The zero-order valence-corrected chi connectivity index (χ0v) is 16.7. The topological polar surface area (TPSA) is 79.3 Å². The molecule has 2 aromatic carbocycles. The van der Waals surface area contributed by atoms with Crippen LogP contribution in [0.2, 0.25) is 5.02 Å². The van der Waals surface area contributed by atoms with Gasteiger partial charge in [-0.1, -0.05) is 35.9 Å². The van der Waals surface area contributed by atoms with Crippen molar-refractivity contribution in [2.45, 2.75) is 18.6 Å². The highest BCUT2D eigenvalue weighted by molar-refractivity contribution is 7.13. The van der Waals surface area contributed by atoms with Crippen LogP contribution in [0.15, 0.2) is 53.9 Å². The third-order valence-electron chi connectivity index (χ3n) is 4.13. The number of rotatable bonds is 6. The molecule has 0 bridgehead atoms. The predicted molar refractivity (Wildman–Crippen MR) is 106 cm³/mol. The first kappa shape index (κ1) is 21.8. The molecule has 1 atom stereocenters. The lowest BCUT2D eigenvalue weighted by Crippen LogP contribution is -2.30. The van der Waals surface area contributed by atoms with Gasteiger partial charge in [-0.25, -0.2) is 4.98 Å². The summed E-state index contributed by atoms with van der Waals surface area (Å²) < 4.78 is 38.1. The molecule has 30 heavy (non-hydrogen) atoms. The summed E-state index contributed by atoms with van der Waals surface area (Å²) in [6, 6.07) is 10.1. The standard InChI is InChI=1S/C20H14ClF3N2O3S/c21-14-3-1-2-12(8-14)15(9-17(27)28)25-18(29)16-10-30-19(26-16)11-4-6-13(7-5-11)20(22,23)24/h1-8,10,15H,9H2,(H,25,29)(H,27,28). The van der Waals surface area contributed by atoms with Crippen molar-refractivity contribution in [1.82, 2.24) is 10.3 Å². The second-order valence-corrected chi connectivity index (χ2v) is 7.59. The lowest BCUT2D eigenvalue weighted by molar-refractivity contribution is -0.138. The monoisotopic (exact) mass is 454 g/mol. The van der Waals surface area contributed by atoms with Crippen LogP contribution in [0, 0.1) is 0 Å². The Balaban J connectivity index is 1.78. The van der Waals surface area contributed by atoms with Crippen LogP contribution in [-0.4, -0.2) is 22.0 Å². The molecule has 0 saturated carbocycles. The molecule has 156 valence electrons. The minimum atomic E-state index is -4.44. The van der Waals surface area contributed by atoms with Gasteiger partial charge in [-0.05, 0) is 29.8 Å². The molecule has 0 aliphatic heterocycles. The van der Waals surface area contributed by atoms with E-state index in [0.717, 1.165) is 23.5 Å². The highest BCUT2D eigenvalue weighted by Gasteiger charge is 2.30. The highest BCUT2D eigenvalue weighted by atomic mass is 35.5. The third-order valence-corrected chi connectivity index (χ3v) is 5.26. The molecule has 1 amide bonds.